The van der Waals surface area contributed by atoms with Gasteiger partial charge in [0.1, 0.15) is 0 Å². The molecule has 0 unspecified atom stereocenters. The summed E-state index contributed by atoms with van der Waals surface area (Å²) in [5.41, 5.74) is 1.11. The number of hydrogen-bond acceptors (Lipinski definition) is 1. The van der Waals surface area contributed by atoms with Crippen molar-refractivity contribution in [2.75, 3.05) is 0 Å². The van der Waals surface area contributed by atoms with Gasteiger partial charge < -0.3 is 0 Å². The smallest absolute Gasteiger partial charge is 0.222 e. The third-order valence-corrected chi connectivity index (χ3v) is 1.37. The van der Waals surface area contributed by atoms with Crippen LogP contribution in [0.25, 0.3) is 0 Å². The lowest BCUT2D eigenvalue weighted by molar-refractivity contribution is 1.37. The monoisotopic (exact) mass is 194 g/mol. The Hall–Kier alpha value is -1.41. The summed E-state index contributed by atoms with van der Waals surface area (Å²) < 4.78 is 0. The normalized spacial score (nSPS) is 11.3. The van der Waals surface area contributed by atoms with Gasteiger partial charge in [0, 0.05) is 0 Å². The molecule has 0 atom stereocenters. The van der Waals surface area contributed by atoms with Crippen molar-refractivity contribution < 1.29 is 0 Å². The molecule has 0 heterocycles. The lowest BCUT2D eigenvalue weighted by atomic mass is 10.2. The molecule has 0 aliphatic heterocycles. The molecule has 0 amide bonds. The SMILES string of the molecule is C=C/C=C\C(=C)C(=C)N=C(Cl)N=C. The highest BCUT2D eigenvalue weighted by Gasteiger charge is 1.94. The molecule has 0 rings (SSSR count). The first-order valence-corrected chi connectivity index (χ1v) is 3.87. The van der Waals surface area contributed by atoms with Crippen LogP contribution in [0.5, 0.6) is 0 Å². The molecule has 0 bridgehead atoms. The number of amidine groups is 1. The minimum Gasteiger partial charge on any atom is -0.234 e. The lowest BCUT2D eigenvalue weighted by Crippen LogP contribution is -1.84. The number of nitrogens with zero attached hydrogens (tertiary/aromatic N) is 2. The minimum atomic E-state index is 0.0538. The van der Waals surface area contributed by atoms with Gasteiger partial charge in [0.15, 0.2) is 0 Å². The summed E-state index contributed by atoms with van der Waals surface area (Å²) >= 11 is 5.51. The average molecular weight is 195 g/mol. The van der Waals surface area contributed by atoms with Crippen molar-refractivity contribution in [2.45, 2.75) is 0 Å². The molecule has 13 heavy (non-hydrogen) atoms. The molecule has 0 aromatic rings. The van der Waals surface area contributed by atoms with E-state index in [-0.39, 0.29) is 5.29 Å². The summed E-state index contributed by atoms with van der Waals surface area (Å²) in [4.78, 5) is 7.23. The molecule has 0 spiro atoms. The minimum absolute atomic E-state index is 0.0538. The molecule has 3 heteroatoms. The lowest BCUT2D eigenvalue weighted by Gasteiger charge is -1.97. The maximum absolute atomic E-state index is 5.51. The Labute approximate surface area is 83.4 Å². The van der Waals surface area contributed by atoms with Crippen LogP contribution in [0.1, 0.15) is 0 Å². The molecule has 0 aliphatic rings. The summed E-state index contributed by atoms with van der Waals surface area (Å²) in [6.07, 6.45) is 5.10. The van der Waals surface area contributed by atoms with E-state index in [9.17, 15) is 0 Å². The number of aliphatic imine (C=N–C) groups is 2. The molecule has 0 fully saturated rings. The maximum atomic E-state index is 5.51. The molecular weight excluding hydrogens is 184 g/mol. The predicted molar refractivity (Wildman–Crippen MR) is 60.5 cm³/mol. The van der Waals surface area contributed by atoms with Crippen molar-refractivity contribution in [3.8, 4) is 0 Å². The van der Waals surface area contributed by atoms with Crippen molar-refractivity contribution >= 4 is 23.6 Å². The van der Waals surface area contributed by atoms with Crippen molar-refractivity contribution in [1.82, 2.24) is 0 Å². The van der Waals surface area contributed by atoms with Gasteiger partial charge in [-0.2, -0.15) is 0 Å². The Morgan fingerprint density at radius 1 is 1.31 bits per heavy atom. The maximum Gasteiger partial charge on any atom is 0.222 e. The van der Waals surface area contributed by atoms with E-state index >= 15 is 0 Å². The van der Waals surface area contributed by atoms with Crippen LogP contribution < -0.4 is 0 Å². The van der Waals surface area contributed by atoms with Gasteiger partial charge in [-0.25, -0.2) is 9.98 Å². The van der Waals surface area contributed by atoms with E-state index in [1.807, 2.05) is 0 Å². The fourth-order valence-electron chi connectivity index (χ4n) is 0.499. The molecule has 0 N–H and O–H groups in total. The highest BCUT2D eigenvalue weighted by Crippen LogP contribution is 2.09. The van der Waals surface area contributed by atoms with Crippen LogP contribution in [0, 0.1) is 0 Å². The van der Waals surface area contributed by atoms with Crippen molar-refractivity contribution in [1.29, 1.82) is 0 Å². The zero-order chi connectivity index (χ0) is 10.3. The summed E-state index contributed by atoms with van der Waals surface area (Å²) in [6, 6.07) is 0. The fraction of sp³-hybridized carbons (Fsp3) is 0. The molecule has 0 aliphatic carbocycles. The van der Waals surface area contributed by atoms with Gasteiger partial charge in [0.05, 0.1) is 5.70 Å². The molecular formula is C10H11ClN2. The highest BCUT2D eigenvalue weighted by atomic mass is 35.5. The van der Waals surface area contributed by atoms with Gasteiger partial charge in [0.2, 0.25) is 5.29 Å². The molecule has 0 radical (unpaired) electrons. The standard InChI is InChI=1S/C10H11ClN2/c1-5-6-7-8(2)9(3)13-10(11)12-4/h5-7H,1-4H2/b7-6-,13-10?. The molecule has 0 aromatic heterocycles. The van der Waals surface area contributed by atoms with Crippen molar-refractivity contribution in [3.63, 3.8) is 0 Å². The molecule has 0 saturated heterocycles. The molecule has 0 saturated carbocycles. The zero-order valence-corrected chi connectivity index (χ0v) is 8.09. The van der Waals surface area contributed by atoms with E-state index in [2.05, 4.69) is 36.4 Å². The number of halogens is 1. The number of rotatable bonds is 4. The van der Waals surface area contributed by atoms with Crippen molar-refractivity contribution in [2.24, 2.45) is 9.98 Å². The third-order valence-electron chi connectivity index (χ3n) is 1.16. The van der Waals surface area contributed by atoms with Gasteiger partial charge in [-0.05, 0) is 23.9 Å². The Balaban J connectivity index is 4.44. The van der Waals surface area contributed by atoms with Crippen LogP contribution in [0.15, 0.2) is 59.2 Å². The Kier molecular flexibility index (Phi) is 5.48. The van der Waals surface area contributed by atoms with Crippen LogP contribution >= 0.6 is 11.6 Å². The molecule has 2 nitrogen and oxygen atoms in total. The van der Waals surface area contributed by atoms with Crippen molar-refractivity contribution in [3.05, 3.63) is 49.2 Å². The van der Waals surface area contributed by atoms with Crippen LogP contribution in [-0.4, -0.2) is 12.0 Å². The fourth-order valence-corrected chi connectivity index (χ4v) is 0.601. The van der Waals surface area contributed by atoms with E-state index in [4.69, 9.17) is 11.6 Å². The van der Waals surface area contributed by atoms with Gasteiger partial charge in [-0.15, -0.1) is 0 Å². The second-order valence-electron chi connectivity index (χ2n) is 2.11. The molecule has 68 valence electrons. The largest absolute Gasteiger partial charge is 0.234 e. The quantitative estimate of drug-likeness (QED) is 0.284. The predicted octanol–water partition coefficient (Wildman–Crippen LogP) is 3.09. The third kappa shape index (κ3) is 4.93. The summed E-state index contributed by atoms with van der Waals surface area (Å²) in [5, 5.41) is 0.0538. The summed E-state index contributed by atoms with van der Waals surface area (Å²) in [7, 11) is 0. The topological polar surface area (TPSA) is 24.7 Å². The first kappa shape index (κ1) is 11.6. The number of hydrogen-bond donors (Lipinski definition) is 0. The van der Waals surface area contributed by atoms with Gasteiger partial charge >= 0.3 is 0 Å². The summed E-state index contributed by atoms with van der Waals surface area (Å²) in [5.74, 6) is 0. The van der Waals surface area contributed by atoms with E-state index < -0.39 is 0 Å². The van der Waals surface area contributed by atoms with Crippen LogP contribution in [-0.2, 0) is 0 Å². The Morgan fingerprint density at radius 3 is 2.38 bits per heavy atom. The van der Waals surface area contributed by atoms with E-state index in [1.165, 1.54) is 0 Å². The first-order chi connectivity index (χ1) is 6.11. The van der Waals surface area contributed by atoms with Gasteiger partial charge in [-0.3, -0.25) is 0 Å². The van der Waals surface area contributed by atoms with E-state index in [1.54, 1.807) is 18.2 Å². The summed E-state index contributed by atoms with van der Waals surface area (Å²) in [6.45, 7) is 14.1. The second kappa shape index (κ2) is 6.14. The average Bonchev–Trinajstić information content (AvgIpc) is 2.13. The first-order valence-electron chi connectivity index (χ1n) is 3.50. The van der Waals surface area contributed by atoms with Gasteiger partial charge in [0.25, 0.3) is 0 Å². The second-order valence-corrected chi connectivity index (χ2v) is 2.44. The Morgan fingerprint density at radius 2 is 1.92 bits per heavy atom. The van der Waals surface area contributed by atoms with Crippen LogP contribution in [0.2, 0.25) is 0 Å². The van der Waals surface area contributed by atoms with Crippen LogP contribution in [0.3, 0.4) is 0 Å². The van der Waals surface area contributed by atoms with Gasteiger partial charge in [-0.1, -0.05) is 38.0 Å². The number of allylic oxidation sites excluding steroid dienone is 3. The Bertz CT molecular complexity index is 298. The van der Waals surface area contributed by atoms with E-state index in [0.29, 0.717) is 11.3 Å². The highest BCUT2D eigenvalue weighted by molar-refractivity contribution is 6.65. The molecule has 0 aromatic carbocycles. The zero-order valence-electron chi connectivity index (χ0n) is 7.33. The van der Waals surface area contributed by atoms with Crippen LogP contribution in [0.4, 0.5) is 0 Å². The van der Waals surface area contributed by atoms with E-state index in [0.717, 1.165) is 0 Å².